The molecule has 1 aromatic carbocycles. The molecule has 0 bridgehead atoms. The number of imide groups is 1. The summed E-state index contributed by atoms with van der Waals surface area (Å²) in [5.41, 5.74) is 1.22. The Balaban J connectivity index is 1.66. The molecular formula is C16H17Cl2N5O3. The molecule has 1 saturated heterocycles. The van der Waals surface area contributed by atoms with Gasteiger partial charge in [-0.3, -0.25) is 9.69 Å². The topological polar surface area (TPSA) is 89.4 Å². The Bertz CT molecular complexity index is 826. The van der Waals surface area contributed by atoms with E-state index in [0.717, 1.165) is 4.90 Å². The molecular weight excluding hydrogens is 381 g/mol. The van der Waals surface area contributed by atoms with E-state index in [1.54, 1.807) is 36.2 Å². The van der Waals surface area contributed by atoms with Crippen LogP contribution in [0.25, 0.3) is 0 Å². The van der Waals surface area contributed by atoms with Gasteiger partial charge in [-0.15, -0.1) is 5.10 Å². The van der Waals surface area contributed by atoms with E-state index in [9.17, 15) is 9.59 Å². The Kier molecular flexibility index (Phi) is 5.75. The first-order valence-corrected chi connectivity index (χ1v) is 8.67. The van der Waals surface area contributed by atoms with Gasteiger partial charge in [0.1, 0.15) is 6.04 Å². The van der Waals surface area contributed by atoms with E-state index >= 15 is 0 Å². The summed E-state index contributed by atoms with van der Waals surface area (Å²) in [6.45, 7) is 1.13. The van der Waals surface area contributed by atoms with Crippen molar-refractivity contribution in [3.63, 3.8) is 0 Å². The first-order chi connectivity index (χ1) is 12.5. The van der Waals surface area contributed by atoms with Crippen LogP contribution >= 0.6 is 23.2 Å². The molecule has 26 heavy (non-hydrogen) atoms. The first kappa shape index (κ1) is 18.6. The third kappa shape index (κ3) is 4.14. The van der Waals surface area contributed by atoms with E-state index in [1.807, 2.05) is 0 Å². The summed E-state index contributed by atoms with van der Waals surface area (Å²) >= 11 is 12.1. The molecule has 2 aromatic rings. The quantitative estimate of drug-likeness (QED) is 0.720. The zero-order valence-electron chi connectivity index (χ0n) is 14.0. The number of ether oxygens (including phenoxy) is 1. The average Bonchev–Trinajstić information content (AvgIpc) is 3.16. The number of rotatable bonds is 7. The maximum atomic E-state index is 12.6. The molecule has 1 fully saturated rings. The van der Waals surface area contributed by atoms with Crippen LogP contribution in [-0.2, 0) is 29.0 Å². The third-order valence-corrected chi connectivity index (χ3v) is 4.57. The van der Waals surface area contributed by atoms with Crippen molar-refractivity contribution in [2.24, 2.45) is 0 Å². The van der Waals surface area contributed by atoms with Crippen molar-refractivity contribution in [2.75, 3.05) is 13.7 Å². The molecule has 1 aliphatic rings. The van der Waals surface area contributed by atoms with Gasteiger partial charge in [-0.2, -0.15) is 0 Å². The number of nitrogens with one attached hydrogen (secondary N) is 1. The van der Waals surface area contributed by atoms with Crippen LogP contribution in [0.15, 0.2) is 24.4 Å². The Morgan fingerprint density at radius 3 is 2.88 bits per heavy atom. The minimum atomic E-state index is -0.687. The van der Waals surface area contributed by atoms with E-state index in [0.29, 0.717) is 34.5 Å². The van der Waals surface area contributed by atoms with Gasteiger partial charge in [0.05, 0.1) is 25.4 Å². The van der Waals surface area contributed by atoms with Crippen LogP contribution in [0, 0.1) is 0 Å². The molecule has 3 amide bonds. The molecule has 10 heteroatoms. The Labute approximate surface area is 160 Å². The van der Waals surface area contributed by atoms with Crippen LogP contribution in [0.4, 0.5) is 4.79 Å². The lowest BCUT2D eigenvalue weighted by Crippen LogP contribution is -2.32. The summed E-state index contributed by atoms with van der Waals surface area (Å²) in [5.74, 6) is -0.336. The number of benzene rings is 1. The van der Waals surface area contributed by atoms with Gasteiger partial charge >= 0.3 is 6.03 Å². The second-order valence-electron chi connectivity index (χ2n) is 5.83. The van der Waals surface area contributed by atoms with Crippen molar-refractivity contribution in [1.82, 2.24) is 25.2 Å². The SMILES string of the molecule is COCCn1cc(C[C@H]2NC(=O)N(Cc3cc(Cl)ccc3Cl)C2=O)nn1. The molecule has 0 aliphatic carbocycles. The van der Waals surface area contributed by atoms with E-state index in [2.05, 4.69) is 15.6 Å². The monoisotopic (exact) mass is 397 g/mol. The highest BCUT2D eigenvalue weighted by atomic mass is 35.5. The van der Waals surface area contributed by atoms with Crippen molar-refractivity contribution in [2.45, 2.75) is 25.6 Å². The summed E-state index contributed by atoms with van der Waals surface area (Å²) in [6, 6.07) is 3.76. The van der Waals surface area contributed by atoms with Gasteiger partial charge in [-0.05, 0) is 23.8 Å². The van der Waals surface area contributed by atoms with Gasteiger partial charge in [-0.25, -0.2) is 9.48 Å². The van der Waals surface area contributed by atoms with E-state index in [-0.39, 0.29) is 18.9 Å². The summed E-state index contributed by atoms with van der Waals surface area (Å²) in [4.78, 5) is 25.9. The molecule has 1 aliphatic heterocycles. The molecule has 3 rings (SSSR count). The molecule has 0 saturated carbocycles. The molecule has 0 spiro atoms. The van der Waals surface area contributed by atoms with Crippen molar-refractivity contribution in [1.29, 1.82) is 0 Å². The van der Waals surface area contributed by atoms with Gasteiger partial charge in [-0.1, -0.05) is 28.4 Å². The maximum Gasteiger partial charge on any atom is 0.325 e. The highest BCUT2D eigenvalue weighted by molar-refractivity contribution is 6.33. The van der Waals surface area contributed by atoms with E-state index in [1.165, 1.54) is 0 Å². The fourth-order valence-electron chi connectivity index (χ4n) is 2.64. The summed E-state index contributed by atoms with van der Waals surface area (Å²) < 4.78 is 6.61. The van der Waals surface area contributed by atoms with Gasteiger partial charge in [0.15, 0.2) is 0 Å². The second kappa shape index (κ2) is 8.03. The highest BCUT2D eigenvalue weighted by Crippen LogP contribution is 2.24. The van der Waals surface area contributed by atoms with Crippen molar-refractivity contribution in [3.05, 3.63) is 45.7 Å². The van der Waals surface area contributed by atoms with Gasteiger partial charge in [0.2, 0.25) is 0 Å². The molecule has 1 aromatic heterocycles. The molecule has 0 radical (unpaired) electrons. The number of hydrogen-bond donors (Lipinski definition) is 1. The number of aromatic nitrogens is 3. The Morgan fingerprint density at radius 2 is 2.12 bits per heavy atom. The molecule has 138 valence electrons. The average molecular weight is 398 g/mol. The summed E-state index contributed by atoms with van der Waals surface area (Å²) in [7, 11) is 1.60. The Hall–Kier alpha value is -2.16. The largest absolute Gasteiger partial charge is 0.383 e. The number of carbonyl (C=O) groups excluding carboxylic acids is 2. The molecule has 1 atom stereocenters. The maximum absolute atomic E-state index is 12.6. The normalized spacial score (nSPS) is 17.0. The van der Waals surface area contributed by atoms with Gasteiger partial charge in [0, 0.05) is 29.8 Å². The fourth-order valence-corrected chi connectivity index (χ4v) is 3.01. The van der Waals surface area contributed by atoms with Crippen LogP contribution in [0.3, 0.4) is 0 Å². The molecule has 2 heterocycles. The highest BCUT2D eigenvalue weighted by Gasteiger charge is 2.38. The number of nitrogens with zero attached hydrogens (tertiary/aromatic N) is 4. The van der Waals surface area contributed by atoms with Crippen LogP contribution in [0.1, 0.15) is 11.3 Å². The second-order valence-corrected chi connectivity index (χ2v) is 6.68. The number of halogens is 2. The third-order valence-electron chi connectivity index (χ3n) is 3.97. The van der Waals surface area contributed by atoms with Crippen molar-refractivity contribution >= 4 is 35.1 Å². The van der Waals surface area contributed by atoms with Crippen molar-refractivity contribution < 1.29 is 14.3 Å². The predicted octanol–water partition coefficient (Wildman–Crippen LogP) is 1.89. The summed E-state index contributed by atoms with van der Waals surface area (Å²) in [5, 5.41) is 11.6. The minimum absolute atomic E-state index is 0.0566. The van der Waals surface area contributed by atoms with Crippen LogP contribution in [0.5, 0.6) is 0 Å². The number of urea groups is 1. The van der Waals surface area contributed by atoms with Crippen LogP contribution in [0.2, 0.25) is 10.0 Å². The smallest absolute Gasteiger partial charge is 0.325 e. The number of carbonyl (C=O) groups is 2. The number of methoxy groups -OCH3 is 1. The van der Waals surface area contributed by atoms with Gasteiger partial charge < -0.3 is 10.1 Å². The van der Waals surface area contributed by atoms with Gasteiger partial charge in [0.25, 0.3) is 5.91 Å². The number of hydrogen-bond acceptors (Lipinski definition) is 5. The predicted molar refractivity (Wildman–Crippen MR) is 94.9 cm³/mol. The van der Waals surface area contributed by atoms with E-state index < -0.39 is 12.1 Å². The number of amides is 3. The zero-order valence-corrected chi connectivity index (χ0v) is 15.5. The fraction of sp³-hybridized carbons (Fsp3) is 0.375. The lowest BCUT2D eigenvalue weighted by Gasteiger charge is -2.14. The molecule has 0 unspecified atom stereocenters. The van der Waals surface area contributed by atoms with Crippen LogP contribution < -0.4 is 5.32 Å². The van der Waals surface area contributed by atoms with Crippen LogP contribution in [-0.4, -0.2) is 51.6 Å². The summed E-state index contributed by atoms with van der Waals surface area (Å²) in [6.07, 6.45) is 1.99. The molecule has 8 nitrogen and oxygen atoms in total. The Morgan fingerprint density at radius 1 is 1.31 bits per heavy atom. The first-order valence-electron chi connectivity index (χ1n) is 7.91. The molecule has 1 N–H and O–H groups in total. The van der Waals surface area contributed by atoms with Crippen molar-refractivity contribution in [3.8, 4) is 0 Å². The standard InChI is InChI=1S/C16H17Cl2N5O3/c1-26-5-4-22-9-12(20-21-22)7-14-15(24)23(16(25)19-14)8-10-6-11(17)2-3-13(10)18/h2-3,6,9,14H,4-5,7-8H2,1H3,(H,19,25)/t14-/m1/s1. The lowest BCUT2D eigenvalue weighted by molar-refractivity contribution is -0.127. The van der Waals surface area contributed by atoms with E-state index in [4.69, 9.17) is 27.9 Å². The zero-order chi connectivity index (χ0) is 18.7. The minimum Gasteiger partial charge on any atom is -0.383 e. The lowest BCUT2D eigenvalue weighted by atomic mass is 10.1.